The Morgan fingerprint density at radius 1 is 1.03 bits per heavy atom. The highest BCUT2D eigenvalue weighted by Crippen LogP contribution is 2.26. The van der Waals surface area contributed by atoms with Crippen molar-refractivity contribution in [2.24, 2.45) is 5.73 Å². The maximum atomic E-state index is 12.5. The Morgan fingerprint density at radius 2 is 1.85 bits per heavy atom. The molecule has 0 spiro atoms. The fourth-order valence-electron chi connectivity index (χ4n) is 4.05. The Hall–Kier alpha value is -3.98. The number of nitrogens with two attached hydrogens (primary N) is 1. The number of hydrogen-bond acceptors (Lipinski definition) is 7. The van der Waals surface area contributed by atoms with Crippen LogP contribution in [0.15, 0.2) is 67.3 Å². The van der Waals surface area contributed by atoms with Crippen LogP contribution in [0.25, 0.3) is 5.65 Å². The molecular weight excluding hydrogens is 416 g/mol. The summed E-state index contributed by atoms with van der Waals surface area (Å²) in [7, 11) is 0. The number of imidazole rings is 1. The van der Waals surface area contributed by atoms with E-state index >= 15 is 0 Å². The summed E-state index contributed by atoms with van der Waals surface area (Å²) in [4.78, 5) is 20.9. The van der Waals surface area contributed by atoms with Gasteiger partial charge in [-0.1, -0.05) is 0 Å². The minimum atomic E-state index is -0.187. The lowest BCUT2D eigenvalue weighted by atomic mass is 9.92. The molecule has 3 heterocycles. The Kier molecular flexibility index (Phi) is 5.86. The van der Waals surface area contributed by atoms with Gasteiger partial charge < -0.3 is 21.7 Å². The monoisotopic (exact) mass is 442 g/mol. The quantitative estimate of drug-likeness (QED) is 0.358. The van der Waals surface area contributed by atoms with Crippen molar-refractivity contribution in [1.82, 2.24) is 19.6 Å². The smallest absolute Gasteiger partial charge is 0.255 e. The van der Waals surface area contributed by atoms with Gasteiger partial charge in [0.1, 0.15) is 5.82 Å². The molecule has 0 radical (unpaired) electrons. The van der Waals surface area contributed by atoms with Crippen molar-refractivity contribution in [3.8, 4) is 0 Å². The van der Waals surface area contributed by atoms with Crippen LogP contribution in [-0.4, -0.2) is 37.6 Å². The number of pyridine rings is 1. The Bertz CT molecular complexity index is 1230. The van der Waals surface area contributed by atoms with Crippen molar-refractivity contribution in [1.29, 1.82) is 0 Å². The summed E-state index contributed by atoms with van der Waals surface area (Å²) in [5, 5.41) is 14.4. The number of carbonyl (C=O) groups is 1. The molecule has 168 valence electrons. The van der Waals surface area contributed by atoms with Gasteiger partial charge in [-0.3, -0.25) is 9.78 Å². The molecule has 9 nitrogen and oxygen atoms in total. The summed E-state index contributed by atoms with van der Waals surface area (Å²) in [5.74, 6) is 0.601. The predicted molar refractivity (Wildman–Crippen MR) is 129 cm³/mol. The van der Waals surface area contributed by atoms with Crippen molar-refractivity contribution in [3.63, 3.8) is 0 Å². The molecule has 1 saturated carbocycles. The van der Waals surface area contributed by atoms with E-state index < -0.39 is 0 Å². The number of rotatable bonds is 6. The van der Waals surface area contributed by atoms with Gasteiger partial charge in [0.05, 0.1) is 17.6 Å². The lowest BCUT2D eigenvalue weighted by Gasteiger charge is -2.27. The molecule has 3 aromatic heterocycles. The van der Waals surface area contributed by atoms with E-state index in [2.05, 4.69) is 31.0 Å². The highest BCUT2D eigenvalue weighted by atomic mass is 16.1. The molecule has 0 saturated heterocycles. The molecule has 4 aromatic rings. The molecule has 1 amide bonds. The van der Waals surface area contributed by atoms with Crippen LogP contribution in [0.5, 0.6) is 0 Å². The average Bonchev–Trinajstić information content (AvgIpc) is 3.31. The van der Waals surface area contributed by atoms with Crippen molar-refractivity contribution in [2.75, 3.05) is 16.0 Å². The molecule has 0 atom stereocenters. The first kappa shape index (κ1) is 20.9. The van der Waals surface area contributed by atoms with Crippen molar-refractivity contribution in [3.05, 3.63) is 72.8 Å². The van der Waals surface area contributed by atoms with E-state index in [-0.39, 0.29) is 5.91 Å². The van der Waals surface area contributed by atoms with E-state index in [4.69, 9.17) is 5.73 Å². The lowest BCUT2D eigenvalue weighted by Crippen LogP contribution is -2.33. The fraction of sp³-hybridized carbons (Fsp3) is 0.250. The number of anilines is 4. The number of aromatic nitrogens is 4. The second-order valence-electron chi connectivity index (χ2n) is 8.29. The van der Waals surface area contributed by atoms with Crippen LogP contribution in [0.3, 0.4) is 0 Å². The van der Waals surface area contributed by atoms with Crippen LogP contribution >= 0.6 is 0 Å². The minimum absolute atomic E-state index is 0.187. The zero-order valence-electron chi connectivity index (χ0n) is 18.1. The van der Waals surface area contributed by atoms with Gasteiger partial charge in [0.25, 0.3) is 5.91 Å². The maximum Gasteiger partial charge on any atom is 0.255 e. The zero-order chi connectivity index (χ0) is 22.6. The number of nitrogens with one attached hydrogen (secondary N) is 3. The van der Waals surface area contributed by atoms with E-state index in [1.165, 1.54) is 0 Å². The van der Waals surface area contributed by atoms with Gasteiger partial charge >= 0.3 is 0 Å². The fourth-order valence-corrected chi connectivity index (χ4v) is 4.05. The third-order valence-electron chi connectivity index (χ3n) is 5.83. The summed E-state index contributed by atoms with van der Waals surface area (Å²) < 4.78 is 1.76. The summed E-state index contributed by atoms with van der Waals surface area (Å²) in [6.45, 7) is 0. The highest BCUT2D eigenvalue weighted by Gasteiger charge is 2.19. The van der Waals surface area contributed by atoms with E-state index in [1.807, 2.05) is 24.4 Å². The summed E-state index contributed by atoms with van der Waals surface area (Å²) in [6, 6.07) is 13.5. The first-order valence-electron chi connectivity index (χ1n) is 11.1. The van der Waals surface area contributed by atoms with Crippen LogP contribution in [0.2, 0.25) is 0 Å². The highest BCUT2D eigenvalue weighted by molar-refractivity contribution is 6.04. The van der Waals surface area contributed by atoms with Crippen LogP contribution in [0.4, 0.5) is 22.9 Å². The first-order valence-corrected chi connectivity index (χ1v) is 11.1. The van der Waals surface area contributed by atoms with Crippen LogP contribution in [0, 0.1) is 0 Å². The Morgan fingerprint density at radius 3 is 2.61 bits per heavy atom. The summed E-state index contributed by atoms with van der Waals surface area (Å²) in [5.41, 5.74) is 9.65. The van der Waals surface area contributed by atoms with Gasteiger partial charge in [0.2, 0.25) is 0 Å². The second kappa shape index (κ2) is 9.25. The zero-order valence-corrected chi connectivity index (χ0v) is 18.1. The number of fused-ring (bicyclic) bond motifs is 1. The normalized spacial score (nSPS) is 18.1. The van der Waals surface area contributed by atoms with Gasteiger partial charge in [-0.05, 0) is 62.1 Å². The summed E-state index contributed by atoms with van der Waals surface area (Å²) in [6.07, 6.45) is 11.0. The lowest BCUT2D eigenvalue weighted by molar-refractivity contribution is 0.102. The molecular formula is C24H26N8O. The number of nitrogens with zero attached hydrogens (tertiary/aromatic N) is 4. The SMILES string of the molecule is NC1CCC(Nc2cc(Nc3ccc(C(=O)Nc4cccnc4)cc3)c3nccn3n2)CC1. The molecule has 0 aliphatic heterocycles. The maximum absolute atomic E-state index is 12.5. The van der Waals surface area contributed by atoms with Crippen LogP contribution in [-0.2, 0) is 0 Å². The molecule has 0 bridgehead atoms. The average molecular weight is 443 g/mol. The van der Waals surface area contributed by atoms with Crippen LogP contribution in [0.1, 0.15) is 36.0 Å². The molecule has 5 N–H and O–H groups in total. The third-order valence-corrected chi connectivity index (χ3v) is 5.83. The predicted octanol–water partition coefficient (Wildman–Crippen LogP) is 3.80. The summed E-state index contributed by atoms with van der Waals surface area (Å²) >= 11 is 0. The Balaban J connectivity index is 1.31. The molecule has 0 unspecified atom stereocenters. The number of amides is 1. The number of benzene rings is 1. The van der Waals surface area contributed by atoms with E-state index in [0.29, 0.717) is 23.3 Å². The van der Waals surface area contributed by atoms with Crippen LogP contribution < -0.4 is 21.7 Å². The van der Waals surface area contributed by atoms with Gasteiger partial charge in [-0.15, -0.1) is 5.10 Å². The molecule has 1 aliphatic carbocycles. The number of hydrogen-bond donors (Lipinski definition) is 4. The standard InChI is InChI=1S/C24H26N8O/c25-17-5-9-19(10-6-17)29-22-14-21(23-27-12-13-32(23)31-22)28-18-7-3-16(4-8-18)24(33)30-20-2-1-11-26-15-20/h1-4,7-8,11-15,17,19,28H,5-6,9-10,25H2,(H,29,31)(H,30,33). The van der Waals surface area contributed by atoms with Crippen molar-refractivity contribution < 1.29 is 4.79 Å². The first-order chi connectivity index (χ1) is 16.1. The van der Waals surface area contributed by atoms with E-state index in [1.54, 1.807) is 47.4 Å². The van der Waals surface area contributed by atoms with Gasteiger partial charge in [0, 0.05) is 48.0 Å². The van der Waals surface area contributed by atoms with Gasteiger partial charge in [-0.25, -0.2) is 9.50 Å². The van der Waals surface area contributed by atoms with Gasteiger partial charge in [-0.2, -0.15) is 0 Å². The largest absolute Gasteiger partial charge is 0.366 e. The third kappa shape index (κ3) is 4.93. The molecule has 1 aromatic carbocycles. The van der Waals surface area contributed by atoms with Crippen molar-refractivity contribution >= 4 is 34.4 Å². The van der Waals surface area contributed by atoms with E-state index in [9.17, 15) is 4.79 Å². The molecule has 9 heteroatoms. The molecule has 1 aliphatic rings. The number of carbonyl (C=O) groups excluding carboxylic acids is 1. The topological polar surface area (TPSA) is 122 Å². The van der Waals surface area contributed by atoms with E-state index in [0.717, 1.165) is 48.5 Å². The van der Waals surface area contributed by atoms with Gasteiger partial charge in [0.15, 0.2) is 5.65 Å². The minimum Gasteiger partial charge on any atom is -0.366 e. The molecule has 5 rings (SSSR count). The second-order valence-corrected chi connectivity index (χ2v) is 8.29. The molecule has 1 fully saturated rings. The Labute approximate surface area is 191 Å². The molecule has 33 heavy (non-hydrogen) atoms. The van der Waals surface area contributed by atoms with Crippen molar-refractivity contribution in [2.45, 2.75) is 37.8 Å².